The van der Waals surface area contributed by atoms with Gasteiger partial charge in [-0.05, 0) is 42.0 Å². The van der Waals surface area contributed by atoms with Gasteiger partial charge in [-0.3, -0.25) is 4.79 Å². The molecule has 0 heterocycles. The van der Waals surface area contributed by atoms with E-state index in [2.05, 4.69) is 49.0 Å². The number of rotatable bonds is 9. The largest absolute Gasteiger partial charge is 0.489 e. The Hall–Kier alpha value is -2.90. The van der Waals surface area contributed by atoms with Crippen molar-refractivity contribution < 1.29 is 14.3 Å². The average molecular weight is 544 g/mol. The standard InChI is InChI=1S/C24H20Br2N2O3/c1-2-12-30-23-11-9-20(26)14-21(23)24(29)28-27-15-18-13-19(25)8-10-22(18)31-16-17-6-4-3-5-7-17/h2-11,13-15H,1,12,16H2,(H,28,29)/b27-15+. The normalized spacial score (nSPS) is 10.6. The first-order chi connectivity index (χ1) is 15.1. The third-order valence-corrected chi connectivity index (χ3v) is 5.11. The van der Waals surface area contributed by atoms with Crippen LogP contribution in [0.15, 0.2) is 93.4 Å². The van der Waals surface area contributed by atoms with E-state index in [9.17, 15) is 4.79 Å². The molecule has 0 saturated carbocycles. The van der Waals surface area contributed by atoms with E-state index < -0.39 is 5.91 Å². The maximum absolute atomic E-state index is 12.6. The van der Waals surface area contributed by atoms with Crippen LogP contribution in [0.4, 0.5) is 0 Å². The van der Waals surface area contributed by atoms with Crippen LogP contribution >= 0.6 is 31.9 Å². The Morgan fingerprint density at radius 1 is 0.968 bits per heavy atom. The average Bonchev–Trinajstić information content (AvgIpc) is 2.78. The van der Waals surface area contributed by atoms with Gasteiger partial charge in [0, 0.05) is 14.5 Å². The van der Waals surface area contributed by atoms with E-state index in [1.54, 1.807) is 30.5 Å². The highest BCUT2D eigenvalue weighted by Crippen LogP contribution is 2.24. The summed E-state index contributed by atoms with van der Waals surface area (Å²) in [5.74, 6) is 0.714. The fourth-order valence-corrected chi connectivity index (χ4v) is 3.40. The monoisotopic (exact) mass is 542 g/mol. The summed E-state index contributed by atoms with van der Waals surface area (Å²) in [6, 6.07) is 20.7. The molecule has 0 aliphatic rings. The maximum atomic E-state index is 12.6. The number of ether oxygens (including phenoxy) is 2. The zero-order chi connectivity index (χ0) is 22.1. The third kappa shape index (κ3) is 6.80. The van der Waals surface area contributed by atoms with Crippen LogP contribution in [0.25, 0.3) is 0 Å². The first-order valence-electron chi connectivity index (χ1n) is 9.39. The highest BCUT2D eigenvalue weighted by atomic mass is 79.9. The SMILES string of the molecule is C=CCOc1ccc(Br)cc1C(=O)N/N=C/c1cc(Br)ccc1OCc1ccccc1. The molecule has 0 aromatic heterocycles. The molecular formula is C24H20Br2N2O3. The van der Waals surface area contributed by atoms with Crippen LogP contribution in [-0.4, -0.2) is 18.7 Å². The molecule has 0 aliphatic heterocycles. The van der Waals surface area contributed by atoms with Crippen molar-refractivity contribution in [3.05, 3.63) is 105 Å². The summed E-state index contributed by atoms with van der Waals surface area (Å²) in [5.41, 5.74) is 4.69. The van der Waals surface area contributed by atoms with Crippen molar-refractivity contribution in [2.75, 3.05) is 6.61 Å². The number of hydrogen-bond acceptors (Lipinski definition) is 4. The Bertz CT molecular complexity index is 1090. The molecule has 0 spiro atoms. The number of benzene rings is 3. The Labute approximate surface area is 198 Å². The minimum atomic E-state index is -0.390. The van der Waals surface area contributed by atoms with Crippen LogP contribution in [0.5, 0.6) is 11.5 Å². The van der Waals surface area contributed by atoms with E-state index in [1.807, 2.05) is 48.5 Å². The van der Waals surface area contributed by atoms with Crippen LogP contribution in [0.3, 0.4) is 0 Å². The molecule has 158 valence electrons. The molecule has 0 aliphatic carbocycles. The second-order valence-electron chi connectivity index (χ2n) is 6.40. The number of carbonyl (C=O) groups is 1. The molecule has 7 heteroatoms. The third-order valence-electron chi connectivity index (χ3n) is 4.12. The van der Waals surface area contributed by atoms with Gasteiger partial charge in [-0.2, -0.15) is 5.10 Å². The zero-order valence-electron chi connectivity index (χ0n) is 16.6. The van der Waals surface area contributed by atoms with E-state index in [1.165, 1.54) is 0 Å². The lowest BCUT2D eigenvalue weighted by molar-refractivity contribution is 0.0951. The van der Waals surface area contributed by atoms with Gasteiger partial charge in [-0.15, -0.1) is 0 Å². The van der Waals surface area contributed by atoms with E-state index >= 15 is 0 Å². The lowest BCUT2D eigenvalue weighted by Gasteiger charge is -2.10. The minimum Gasteiger partial charge on any atom is -0.489 e. The van der Waals surface area contributed by atoms with Crippen molar-refractivity contribution in [3.63, 3.8) is 0 Å². The zero-order valence-corrected chi connectivity index (χ0v) is 19.7. The number of carbonyl (C=O) groups excluding carboxylic acids is 1. The topological polar surface area (TPSA) is 59.9 Å². The van der Waals surface area contributed by atoms with Crippen molar-refractivity contribution in [2.45, 2.75) is 6.61 Å². The minimum absolute atomic E-state index is 0.297. The molecule has 3 rings (SSSR count). The number of halogens is 2. The lowest BCUT2D eigenvalue weighted by Crippen LogP contribution is -2.19. The van der Waals surface area contributed by atoms with E-state index in [-0.39, 0.29) is 0 Å². The van der Waals surface area contributed by atoms with Crippen molar-refractivity contribution in [3.8, 4) is 11.5 Å². The molecule has 0 fully saturated rings. The molecule has 0 saturated heterocycles. The van der Waals surface area contributed by atoms with E-state index in [0.29, 0.717) is 30.3 Å². The molecule has 31 heavy (non-hydrogen) atoms. The molecular weight excluding hydrogens is 524 g/mol. The second-order valence-corrected chi connectivity index (χ2v) is 8.23. The smallest absolute Gasteiger partial charge is 0.275 e. The van der Waals surface area contributed by atoms with Crippen LogP contribution in [-0.2, 0) is 6.61 Å². The van der Waals surface area contributed by atoms with Gasteiger partial charge in [0.25, 0.3) is 5.91 Å². The van der Waals surface area contributed by atoms with Crippen LogP contribution < -0.4 is 14.9 Å². The molecule has 0 radical (unpaired) electrons. The number of nitrogens with one attached hydrogen (secondary N) is 1. The summed E-state index contributed by atoms with van der Waals surface area (Å²) >= 11 is 6.83. The summed E-state index contributed by atoms with van der Waals surface area (Å²) < 4.78 is 13.1. The predicted octanol–water partition coefficient (Wildman–Crippen LogP) is 6.12. The molecule has 1 N–H and O–H groups in total. The number of nitrogens with zero attached hydrogens (tertiary/aromatic N) is 1. The van der Waals surface area contributed by atoms with Gasteiger partial charge in [0.05, 0.1) is 11.8 Å². The van der Waals surface area contributed by atoms with Crippen LogP contribution in [0.1, 0.15) is 21.5 Å². The van der Waals surface area contributed by atoms with Crippen molar-refractivity contribution >= 4 is 44.0 Å². The van der Waals surface area contributed by atoms with Gasteiger partial charge in [-0.1, -0.05) is 74.8 Å². The Balaban J connectivity index is 1.72. The fourth-order valence-electron chi connectivity index (χ4n) is 2.66. The summed E-state index contributed by atoms with van der Waals surface area (Å²) in [7, 11) is 0. The quantitative estimate of drug-likeness (QED) is 0.201. The number of amides is 1. The van der Waals surface area contributed by atoms with Gasteiger partial charge in [0.1, 0.15) is 24.7 Å². The van der Waals surface area contributed by atoms with Gasteiger partial charge in [0.15, 0.2) is 0 Å². The molecule has 5 nitrogen and oxygen atoms in total. The fraction of sp³-hybridized carbons (Fsp3) is 0.0833. The van der Waals surface area contributed by atoms with Gasteiger partial charge < -0.3 is 9.47 Å². The van der Waals surface area contributed by atoms with Crippen LogP contribution in [0.2, 0.25) is 0 Å². The van der Waals surface area contributed by atoms with Gasteiger partial charge in [-0.25, -0.2) is 5.43 Å². The van der Waals surface area contributed by atoms with Crippen molar-refractivity contribution in [1.82, 2.24) is 5.43 Å². The number of hydrazone groups is 1. The van der Waals surface area contributed by atoms with Crippen molar-refractivity contribution in [1.29, 1.82) is 0 Å². The van der Waals surface area contributed by atoms with Crippen molar-refractivity contribution in [2.24, 2.45) is 5.10 Å². The van der Waals surface area contributed by atoms with Gasteiger partial charge >= 0.3 is 0 Å². The molecule has 0 bridgehead atoms. The van der Waals surface area contributed by atoms with E-state index in [0.717, 1.165) is 20.1 Å². The summed E-state index contributed by atoms with van der Waals surface area (Å²) in [6.45, 7) is 4.35. The summed E-state index contributed by atoms with van der Waals surface area (Å²) in [5, 5.41) is 4.11. The second kappa shape index (κ2) is 11.5. The van der Waals surface area contributed by atoms with E-state index in [4.69, 9.17) is 9.47 Å². The predicted molar refractivity (Wildman–Crippen MR) is 130 cm³/mol. The lowest BCUT2D eigenvalue weighted by atomic mass is 10.2. The molecule has 3 aromatic carbocycles. The highest BCUT2D eigenvalue weighted by Gasteiger charge is 2.13. The Kier molecular flexibility index (Phi) is 8.44. The number of hydrogen-bond donors (Lipinski definition) is 1. The first kappa shape index (κ1) is 22.8. The maximum Gasteiger partial charge on any atom is 0.275 e. The highest BCUT2D eigenvalue weighted by molar-refractivity contribution is 9.10. The molecule has 1 amide bonds. The van der Waals surface area contributed by atoms with Crippen LogP contribution in [0, 0.1) is 0 Å². The molecule has 0 atom stereocenters. The summed E-state index contributed by atoms with van der Waals surface area (Å²) in [6.07, 6.45) is 3.16. The molecule has 0 unspecified atom stereocenters. The molecule has 3 aromatic rings. The Morgan fingerprint density at radius 3 is 2.42 bits per heavy atom. The first-order valence-corrected chi connectivity index (χ1v) is 11.0. The summed E-state index contributed by atoms with van der Waals surface area (Å²) in [4.78, 5) is 12.6. The van der Waals surface area contributed by atoms with Gasteiger partial charge in [0.2, 0.25) is 0 Å². The Morgan fingerprint density at radius 2 is 1.68 bits per heavy atom.